The van der Waals surface area contributed by atoms with E-state index in [4.69, 9.17) is 9.97 Å². The fraction of sp³-hybridized carbons (Fsp3) is 0.323. The van der Waals surface area contributed by atoms with E-state index < -0.39 is 7.12 Å². The van der Waals surface area contributed by atoms with E-state index in [1.807, 2.05) is 76.9 Å². The highest BCUT2D eigenvalue weighted by Gasteiger charge is 2.39. The second kappa shape index (κ2) is 22.5. The Balaban J connectivity index is 0.000000137. The molecule has 22 nitrogen and oxygen atoms in total. The van der Waals surface area contributed by atoms with Gasteiger partial charge in [-0.1, -0.05) is 41.5 Å². The van der Waals surface area contributed by atoms with Gasteiger partial charge in [0.1, 0.15) is 38.9 Å². The quantitative estimate of drug-likeness (QED) is 0.0988. The van der Waals surface area contributed by atoms with Gasteiger partial charge in [-0.25, -0.2) is 29.9 Å². The highest BCUT2D eigenvalue weighted by molar-refractivity contribution is 9.10. The zero-order valence-corrected chi connectivity index (χ0v) is 50.8. The number of pyridine rings is 4. The first-order valence-corrected chi connectivity index (χ1v) is 29.6. The van der Waals surface area contributed by atoms with Crippen LogP contribution < -0.4 is 37.0 Å². The topological polar surface area (TPSA) is 245 Å². The smallest absolute Gasteiger partial charge is 0.423 e. The standard InChI is InChI=1S/C31H32N8O2.C19H24BN3O3.C12H10BrN5O/c1-5-21-22(23-18-36(4)30(41)27(35-23)34-20-6-7-26-32-10-11-37(26)17-20)8-9-33-28(21)39-13-12-38-24(29(39)40)14-19-15-31(2,3)16-25(19)38;1-4-13-14(20(25)26)5-6-21-17(13)23-8-7-22-15(18(23)24)9-12-10-19(2,3)11-16(12)22;1-17-7-9(13)16-11(12(17)19)15-8-2-3-10-14-4-5-18(10)6-8/h6-11,14,17-18H,5,12-13,15-16H2,1-4H3,(H,34,35);5-6,9,25-26H,4,7-8,10-11H2,1-3H3;2-7H,1H3,(H,15,16). The number of anilines is 6. The van der Waals surface area contributed by atoms with Crippen molar-refractivity contribution < 1.29 is 19.6 Å². The first kappa shape index (κ1) is 57.4. The molecule has 0 saturated heterocycles. The van der Waals surface area contributed by atoms with Gasteiger partial charge in [-0.15, -0.1) is 0 Å². The van der Waals surface area contributed by atoms with E-state index in [0.29, 0.717) is 58.9 Å². The Bertz CT molecular complexity index is 4460. The molecule has 86 heavy (non-hydrogen) atoms. The molecule has 10 aromatic rings. The number of aryl methyl sites for hydroxylation is 2. The average molecular weight is 1220 g/mol. The second-order valence-corrected chi connectivity index (χ2v) is 24.7. The zero-order valence-electron chi connectivity index (χ0n) is 49.2. The van der Waals surface area contributed by atoms with Gasteiger partial charge in [0.15, 0.2) is 11.6 Å². The molecule has 0 saturated carbocycles. The lowest BCUT2D eigenvalue weighted by Gasteiger charge is -2.31. The van der Waals surface area contributed by atoms with Crippen molar-refractivity contribution in [1.82, 2.24) is 57.0 Å². The summed E-state index contributed by atoms with van der Waals surface area (Å²) in [6.45, 7) is 15.7. The number of rotatable bonds is 10. The molecule has 2 aliphatic carbocycles. The molecule has 0 spiro atoms. The van der Waals surface area contributed by atoms with Gasteiger partial charge in [-0.2, -0.15) is 0 Å². The van der Waals surface area contributed by atoms with Gasteiger partial charge in [-0.3, -0.25) is 29.0 Å². The van der Waals surface area contributed by atoms with Gasteiger partial charge >= 0.3 is 7.12 Å². The number of nitrogens with zero attached hydrogens (tertiary/aromatic N) is 14. The Labute approximate surface area is 504 Å². The highest BCUT2D eigenvalue weighted by Crippen LogP contribution is 2.42. The van der Waals surface area contributed by atoms with Crippen molar-refractivity contribution in [2.45, 2.75) is 93.2 Å². The third-order valence-electron chi connectivity index (χ3n) is 16.5. The summed E-state index contributed by atoms with van der Waals surface area (Å²) >= 11 is 3.27. The maximum atomic E-state index is 13.8. The number of fused-ring (bicyclic) bond motifs is 8. The first-order chi connectivity index (χ1) is 41.2. The van der Waals surface area contributed by atoms with Crippen LogP contribution in [0.15, 0.2) is 125 Å². The number of carbonyl (C=O) groups excluding carboxylic acids is 2. The Morgan fingerprint density at radius 2 is 1.07 bits per heavy atom. The molecule has 0 unspecified atom stereocenters. The number of imidazole rings is 2. The summed E-state index contributed by atoms with van der Waals surface area (Å²) in [6, 6.07) is 15.1. The van der Waals surface area contributed by atoms with Crippen molar-refractivity contribution in [3.05, 3.63) is 181 Å². The van der Waals surface area contributed by atoms with Crippen molar-refractivity contribution in [1.29, 1.82) is 0 Å². The minimum absolute atomic E-state index is 0.0199. The van der Waals surface area contributed by atoms with Crippen molar-refractivity contribution >= 4 is 86.3 Å². The van der Waals surface area contributed by atoms with Crippen LogP contribution >= 0.6 is 15.9 Å². The Hall–Kier alpha value is -9.00. The van der Waals surface area contributed by atoms with Crippen LogP contribution in [-0.2, 0) is 65.7 Å². The first-order valence-electron chi connectivity index (χ1n) is 28.8. The molecule has 10 aromatic heterocycles. The molecular formula is C62H66BBrN16O6. The minimum Gasteiger partial charge on any atom is -0.423 e. The number of halogens is 1. The summed E-state index contributed by atoms with van der Waals surface area (Å²) in [7, 11) is 1.83. The summed E-state index contributed by atoms with van der Waals surface area (Å²) in [5.41, 5.74) is 13.4. The Kier molecular flexibility index (Phi) is 15.0. The van der Waals surface area contributed by atoms with Crippen LogP contribution in [0.2, 0.25) is 0 Å². The maximum absolute atomic E-state index is 13.8. The predicted octanol–water partition coefficient (Wildman–Crippen LogP) is 7.23. The minimum atomic E-state index is -1.57. The van der Waals surface area contributed by atoms with Gasteiger partial charge in [0, 0.05) is 125 Å². The van der Waals surface area contributed by atoms with Crippen molar-refractivity contribution in [3.8, 4) is 11.3 Å². The van der Waals surface area contributed by atoms with Gasteiger partial charge in [0.2, 0.25) is 0 Å². The molecule has 0 fully saturated rings. The SMILES string of the molecule is CCc1c(-c2cn(C)c(=O)c(Nc3ccc4nccn4c3)n2)ccnc1N1CCn2c(cc3c2CC(C)(C)C3)C1=O.CCc1c(B(O)O)ccnc1N1CCn2c(cc3c2CC(C)(C)C3)C1=O.Cn1cc(Br)nc(Nc2ccc3nccn3c2)c1=O. The predicted molar refractivity (Wildman–Crippen MR) is 334 cm³/mol. The molecule has 0 aromatic carbocycles. The molecule has 12 heterocycles. The summed E-state index contributed by atoms with van der Waals surface area (Å²) in [4.78, 5) is 81.9. The molecule has 0 radical (unpaired) electrons. The molecular weight excluding hydrogens is 1160 g/mol. The molecule has 0 bridgehead atoms. The van der Waals surface area contributed by atoms with E-state index in [1.165, 1.54) is 37.8 Å². The number of carbonyl (C=O) groups is 2. The van der Waals surface area contributed by atoms with Crippen LogP contribution in [0, 0.1) is 10.8 Å². The molecule has 4 aliphatic rings. The summed E-state index contributed by atoms with van der Waals surface area (Å²) in [5.74, 6) is 1.60. The number of hydrogen-bond acceptors (Lipinski definition) is 14. The normalized spacial score (nSPS) is 15.4. The maximum Gasteiger partial charge on any atom is 0.488 e. The van der Waals surface area contributed by atoms with E-state index >= 15 is 0 Å². The van der Waals surface area contributed by atoms with E-state index in [1.54, 1.807) is 60.9 Å². The third-order valence-corrected chi connectivity index (χ3v) is 16.9. The molecule has 0 atom stereocenters. The van der Waals surface area contributed by atoms with Crippen LogP contribution in [0.25, 0.3) is 22.6 Å². The lowest BCUT2D eigenvalue weighted by molar-refractivity contribution is 0.0955. The Morgan fingerprint density at radius 3 is 1.58 bits per heavy atom. The highest BCUT2D eigenvalue weighted by atomic mass is 79.9. The van der Waals surface area contributed by atoms with Crippen LogP contribution in [0.1, 0.15) is 96.2 Å². The van der Waals surface area contributed by atoms with E-state index in [2.05, 4.69) is 96.3 Å². The van der Waals surface area contributed by atoms with Gasteiger partial charge in [0.25, 0.3) is 22.9 Å². The van der Waals surface area contributed by atoms with E-state index in [0.717, 1.165) is 84.0 Å². The van der Waals surface area contributed by atoms with Gasteiger partial charge in [-0.05, 0) is 136 Å². The zero-order chi connectivity index (χ0) is 60.5. The Morgan fingerprint density at radius 1 is 0.581 bits per heavy atom. The lowest BCUT2D eigenvalue weighted by Crippen LogP contribution is -2.43. The summed E-state index contributed by atoms with van der Waals surface area (Å²) in [6.07, 6.45) is 22.7. The fourth-order valence-electron chi connectivity index (χ4n) is 12.6. The van der Waals surface area contributed by atoms with Crippen LogP contribution in [0.5, 0.6) is 0 Å². The van der Waals surface area contributed by atoms with Crippen molar-refractivity contribution in [3.63, 3.8) is 0 Å². The summed E-state index contributed by atoms with van der Waals surface area (Å²) in [5, 5.41) is 25.5. The fourth-order valence-corrected chi connectivity index (χ4v) is 13.1. The van der Waals surface area contributed by atoms with Crippen molar-refractivity contribution in [2.75, 3.05) is 33.5 Å². The molecule has 440 valence electrons. The second-order valence-electron chi connectivity index (χ2n) is 23.9. The summed E-state index contributed by atoms with van der Waals surface area (Å²) < 4.78 is 11.7. The van der Waals surface area contributed by atoms with Gasteiger partial charge < -0.3 is 47.8 Å². The number of nitrogens with one attached hydrogen (secondary N) is 2. The number of aromatic nitrogens is 12. The van der Waals surface area contributed by atoms with Crippen LogP contribution in [-0.4, -0.2) is 99.0 Å². The molecule has 14 rings (SSSR count). The van der Waals surface area contributed by atoms with E-state index in [-0.39, 0.29) is 45.4 Å². The van der Waals surface area contributed by atoms with Crippen LogP contribution in [0.3, 0.4) is 0 Å². The molecule has 2 aliphatic heterocycles. The third kappa shape index (κ3) is 10.8. The number of amides is 2. The molecule has 24 heteroatoms. The average Bonchev–Trinajstić information content (AvgIpc) is 1.87. The van der Waals surface area contributed by atoms with E-state index in [9.17, 15) is 29.2 Å². The molecule has 2 amide bonds. The monoisotopic (exact) mass is 1220 g/mol. The van der Waals surface area contributed by atoms with Crippen molar-refractivity contribution in [2.24, 2.45) is 24.9 Å². The van der Waals surface area contributed by atoms with Gasteiger partial charge in [0.05, 0.1) is 17.1 Å². The molecule has 4 N–H and O–H groups in total. The lowest BCUT2D eigenvalue weighted by atomic mass is 9.77. The largest absolute Gasteiger partial charge is 0.488 e. The van der Waals surface area contributed by atoms with Crippen LogP contribution in [0.4, 0.5) is 34.6 Å². The number of hydrogen-bond donors (Lipinski definition) is 4.